The maximum Gasteiger partial charge on any atom is 0.258 e. The van der Waals surface area contributed by atoms with Crippen LogP contribution in [0.15, 0.2) is 41.9 Å². The Hall–Kier alpha value is -3.26. The van der Waals surface area contributed by atoms with Crippen LogP contribution in [0.5, 0.6) is 5.88 Å². The molecule has 8 heteroatoms. The van der Waals surface area contributed by atoms with Crippen LogP contribution in [0.2, 0.25) is 0 Å². The number of carbonyl (C=O) groups excluding carboxylic acids is 1. The van der Waals surface area contributed by atoms with E-state index in [9.17, 15) is 4.79 Å². The zero-order valence-electron chi connectivity index (χ0n) is 17.2. The van der Waals surface area contributed by atoms with Gasteiger partial charge >= 0.3 is 0 Å². The second-order valence-electron chi connectivity index (χ2n) is 7.10. The van der Waals surface area contributed by atoms with Gasteiger partial charge in [0.05, 0.1) is 5.39 Å². The highest BCUT2D eigenvalue weighted by Gasteiger charge is 2.17. The van der Waals surface area contributed by atoms with Crippen molar-refractivity contribution in [2.75, 3.05) is 13.2 Å². The van der Waals surface area contributed by atoms with E-state index in [1.165, 1.54) is 22.5 Å². The molecule has 0 fully saturated rings. The summed E-state index contributed by atoms with van der Waals surface area (Å²) < 4.78 is 7.38. The minimum Gasteiger partial charge on any atom is -0.468 e. The topological polar surface area (TPSA) is 81.9 Å². The molecule has 0 aliphatic carbocycles. The molecule has 1 aromatic carbocycles. The monoisotopic (exact) mass is 421 g/mol. The summed E-state index contributed by atoms with van der Waals surface area (Å²) in [6.45, 7) is 4.54. The molecule has 3 heterocycles. The third-order valence-corrected chi connectivity index (χ3v) is 5.71. The molecule has 0 spiro atoms. The third kappa shape index (κ3) is 4.18. The Morgan fingerprint density at radius 2 is 2.07 bits per heavy atom. The number of fused-ring (bicyclic) bond motifs is 1. The molecule has 7 nitrogen and oxygen atoms in total. The molecule has 1 N–H and O–H groups in total. The number of pyridine rings is 1. The smallest absolute Gasteiger partial charge is 0.258 e. The molecule has 4 aromatic rings. The summed E-state index contributed by atoms with van der Waals surface area (Å²) in [4.78, 5) is 21.1. The van der Waals surface area contributed by atoms with Crippen LogP contribution in [0.3, 0.4) is 0 Å². The summed E-state index contributed by atoms with van der Waals surface area (Å²) in [6.07, 6.45) is 2.55. The van der Waals surface area contributed by atoms with Gasteiger partial charge in [-0.05, 0) is 37.0 Å². The predicted molar refractivity (Wildman–Crippen MR) is 118 cm³/mol. The van der Waals surface area contributed by atoms with E-state index < -0.39 is 0 Å². The summed E-state index contributed by atoms with van der Waals surface area (Å²) in [5.74, 6) is 0.236. The second-order valence-corrected chi connectivity index (χ2v) is 8.00. The Morgan fingerprint density at radius 3 is 2.83 bits per heavy atom. The first-order chi connectivity index (χ1) is 14.5. The van der Waals surface area contributed by atoms with Gasteiger partial charge in [0.25, 0.3) is 5.91 Å². The lowest BCUT2D eigenvalue weighted by atomic mass is 10.1. The molecule has 0 unspecified atom stereocenters. The van der Waals surface area contributed by atoms with Gasteiger partial charge in [-0.15, -0.1) is 11.3 Å². The molecule has 0 aliphatic rings. The highest BCUT2D eigenvalue weighted by molar-refractivity contribution is 7.13. The van der Waals surface area contributed by atoms with Crippen LogP contribution in [0.25, 0.3) is 21.7 Å². The van der Waals surface area contributed by atoms with Crippen molar-refractivity contribution in [3.8, 4) is 16.6 Å². The van der Waals surface area contributed by atoms with Crippen molar-refractivity contribution in [1.82, 2.24) is 25.1 Å². The highest BCUT2D eigenvalue weighted by Crippen LogP contribution is 2.32. The summed E-state index contributed by atoms with van der Waals surface area (Å²) in [5, 5.41) is 11.2. The van der Waals surface area contributed by atoms with E-state index in [0.717, 1.165) is 28.1 Å². The fourth-order valence-electron chi connectivity index (χ4n) is 3.38. The van der Waals surface area contributed by atoms with E-state index in [1.807, 2.05) is 37.6 Å². The fraction of sp³-hybridized carbons (Fsp3) is 0.273. The molecule has 0 saturated heterocycles. The highest BCUT2D eigenvalue weighted by atomic mass is 32.1. The minimum atomic E-state index is -0.170. The zero-order valence-corrected chi connectivity index (χ0v) is 18.0. The molecular formula is C22H23N5O2S. The Labute approximate surface area is 178 Å². The van der Waals surface area contributed by atoms with Crippen LogP contribution in [-0.2, 0) is 18.3 Å². The third-order valence-electron chi connectivity index (χ3n) is 4.93. The number of benzene rings is 1. The average Bonchev–Trinajstić information content (AvgIpc) is 3.36. The van der Waals surface area contributed by atoms with Crippen LogP contribution in [0.1, 0.15) is 16.7 Å². The van der Waals surface area contributed by atoms with Crippen molar-refractivity contribution in [3.05, 3.63) is 58.6 Å². The standard InChI is InChI=1S/C22H23N5O2S/c1-14-6-4-5-7-16(14)8-9-23-17(28)13-29-18-12-15(2)19-20(22-24-10-11-30-22)26-27(3)21(19)25-18/h4-7,10-12H,8-9,13H2,1-3H3,(H,23,28). The molecule has 3 aromatic heterocycles. The molecule has 0 bridgehead atoms. The van der Waals surface area contributed by atoms with Crippen molar-refractivity contribution < 1.29 is 9.53 Å². The maximum absolute atomic E-state index is 12.2. The number of amides is 1. The number of rotatable bonds is 7. The van der Waals surface area contributed by atoms with Gasteiger partial charge in [-0.25, -0.2) is 9.67 Å². The molecule has 1 amide bonds. The Kier molecular flexibility index (Phi) is 5.76. The Balaban J connectivity index is 1.40. The maximum atomic E-state index is 12.2. The van der Waals surface area contributed by atoms with E-state index in [0.29, 0.717) is 18.1 Å². The minimum absolute atomic E-state index is 0.0804. The predicted octanol–water partition coefficient (Wildman–Crippen LogP) is 3.45. The van der Waals surface area contributed by atoms with Crippen molar-refractivity contribution >= 4 is 28.3 Å². The number of aryl methyl sites for hydroxylation is 3. The number of hydrogen-bond acceptors (Lipinski definition) is 6. The lowest BCUT2D eigenvalue weighted by Gasteiger charge is -2.09. The average molecular weight is 422 g/mol. The van der Waals surface area contributed by atoms with Gasteiger partial charge in [-0.2, -0.15) is 10.1 Å². The van der Waals surface area contributed by atoms with Crippen LogP contribution >= 0.6 is 11.3 Å². The summed E-state index contributed by atoms with van der Waals surface area (Å²) >= 11 is 1.54. The largest absolute Gasteiger partial charge is 0.468 e. The van der Waals surface area contributed by atoms with E-state index >= 15 is 0 Å². The van der Waals surface area contributed by atoms with Gasteiger partial charge in [-0.1, -0.05) is 24.3 Å². The van der Waals surface area contributed by atoms with Gasteiger partial charge in [0.15, 0.2) is 12.3 Å². The zero-order chi connectivity index (χ0) is 21.1. The SMILES string of the molecule is Cc1ccccc1CCNC(=O)COc1cc(C)c2c(-c3nccs3)nn(C)c2n1. The number of carbonyl (C=O) groups is 1. The van der Waals surface area contributed by atoms with Crippen molar-refractivity contribution in [1.29, 1.82) is 0 Å². The van der Waals surface area contributed by atoms with Gasteiger partial charge in [0, 0.05) is 31.2 Å². The molecule has 154 valence electrons. The Morgan fingerprint density at radius 1 is 1.23 bits per heavy atom. The lowest BCUT2D eigenvalue weighted by molar-refractivity contribution is -0.123. The van der Waals surface area contributed by atoms with Crippen molar-refractivity contribution in [2.45, 2.75) is 20.3 Å². The van der Waals surface area contributed by atoms with Gasteiger partial charge in [0.2, 0.25) is 5.88 Å². The molecule has 0 radical (unpaired) electrons. The number of thiazole rings is 1. The Bertz CT molecular complexity index is 1180. The van der Waals surface area contributed by atoms with Crippen LogP contribution in [0.4, 0.5) is 0 Å². The van der Waals surface area contributed by atoms with E-state index in [4.69, 9.17) is 4.74 Å². The number of nitrogens with zero attached hydrogens (tertiary/aromatic N) is 4. The number of hydrogen-bond donors (Lipinski definition) is 1. The number of nitrogens with one attached hydrogen (secondary N) is 1. The summed E-state index contributed by atoms with van der Waals surface area (Å²) in [7, 11) is 1.84. The first kappa shape index (κ1) is 20.0. The molecule has 0 saturated carbocycles. The lowest BCUT2D eigenvalue weighted by Crippen LogP contribution is -2.30. The van der Waals surface area contributed by atoms with Crippen LogP contribution < -0.4 is 10.1 Å². The summed E-state index contributed by atoms with van der Waals surface area (Å²) in [6, 6.07) is 10.0. The number of aromatic nitrogens is 4. The number of ether oxygens (including phenoxy) is 1. The van der Waals surface area contributed by atoms with Crippen molar-refractivity contribution in [3.63, 3.8) is 0 Å². The van der Waals surface area contributed by atoms with E-state index in [1.54, 1.807) is 10.9 Å². The van der Waals surface area contributed by atoms with E-state index in [-0.39, 0.29) is 12.5 Å². The van der Waals surface area contributed by atoms with Gasteiger partial charge < -0.3 is 10.1 Å². The van der Waals surface area contributed by atoms with Crippen LogP contribution in [-0.4, -0.2) is 38.8 Å². The van der Waals surface area contributed by atoms with Crippen LogP contribution in [0, 0.1) is 13.8 Å². The first-order valence-corrected chi connectivity index (χ1v) is 10.6. The normalized spacial score (nSPS) is 11.0. The second kappa shape index (κ2) is 8.62. The molecular weight excluding hydrogens is 398 g/mol. The molecule has 0 aliphatic heterocycles. The molecule has 30 heavy (non-hydrogen) atoms. The van der Waals surface area contributed by atoms with E-state index in [2.05, 4.69) is 39.4 Å². The van der Waals surface area contributed by atoms with Gasteiger partial charge in [-0.3, -0.25) is 4.79 Å². The molecule has 0 atom stereocenters. The molecule has 4 rings (SSSR count). The quantitative estimate of drug-likeness (QED) is 0.494. The first-order valence-electron chi connectivity index (χ1n) is 9.71. The van der Waals surface area contributed by atoms with Gasteiger partial charge in [0.1, 0.15) is 10.7 Å². The van der Waals surface area contributed by atoms with Crippen molar-refractivity contribution in [2.24, 2.45) is 7.05 Å². The summed E-state index contributed by atoms with van der Waals surface area (Å²) in [5.41, 5.74) is 4.95. The fourth-order valence-corrected chi connectivity index (χ4v) is 4.01.